The van der Waals surface area contributed by atoms with Crippen molar-refractivity contribution in [2.75, 3.05) is 20.2 Å². The van der Waals surface area contributed by atoms with Crippen molar-refractivity contribution in [3.05, 3.63) is 0 Å². The van der Waals surface area contributed by atoms with Crippen molar-refractivity contribution in [2.45, 2.75) is 197 Å². The zero-order chi connectivity index (χ0) is 42.0. The van der Waals surface area contributed by atoms with Crippen LogP contribution in [0.4, 0.5) is 0 Å². The molecule has 0 bridgehead atoms. The van der Waals surface area contributed by atoms with Crippen LogP contribution in [0.2, 0.25) is 0 Å². The number of aliphatic hydroxyl groups excluding tert-OH is 4. The Kier molecular flexibility index (Phi) is 15.2. The number of ether oxygens (including phenoxy) is 1. The molecule has 5 saturated carbocycles. The predicted octanol–water partition coefficient (Wildman–Crippen LogP) is 5.66. The molecule has 8 N–H and O–H groups in total. The van der Waals surface area contributed by atoms with Crippen LogP contribution in [-0.2, 0) is 14.3 Å². The van der Waals surface area contributed by atoms with Crippen molar-refractivity contribution in [1.29, 1.82) is 0 Å². The highest BCUT2D eigenvalue weighted by molar-refractivity contribution is 5.89. The number of carbonyl (C=O) groups is 2. The molecule has 60 heavy (non-hydrogen) atoms. The Bertz CT molecular complexity index is 1520. The number of aliphatic hydroxyl groups is 4. The van der Waals surface area contributed by atoms with E-state index in [0.29, 0.717) is 105 Å². The quantitative estimate of drug-likeness (QED) is 0.129. The van der Waals surface area contributed by atoms with Crippen LogP contribution in [0.5, 0.6) is 0 Å². The number of carbonyl (C=O) groups excluding carboxylic acids is 2. The van der Waals surface area contributed by atoms with Gasteiger partial charge in [-0.25, -0.2) is 0 Å². The highest BCUT2D eigenvalue weighted by Gasteiger charge is 2.50. The number of methoxy groups -OCH3 is 1. The standard InChI is InChI=1S/C50H81N3O7/c1-60-46-24-35-11-13-47(58)50(17-14-30(21-48(50)59)6-7-31-20-38-10-12-39(54)26-42(38)53-29-31)18-15-36(41(35)28-45(46)57)23-43(55)44(56)27-40(37-16-19-52-49(51)25-37)34-9-8-32-4-2-3-5-33(32)22-34/h30-38,40-46,48-49,52-53,55-57,59H,2-14,16-17,19-29,51H2,1H3. The third-order valence-corrected chi connectivity index (χ3v) is 18.5. The van der Waals surface area contributed by atoms with E-state index in [4.69, 9.17) is 10.5 Å². The molecule has 8 rings (SSSR count). The van der Waals surface area contributed by atoms with Gasteiger partial charge in [0, 0.05) is 38.3 Å². The number of rotatable bonds is 11. The molecule has 10 nitrogen and oxygen atoms in total. The van der Waals surface area contributed by atoms with Gasteiger partial charge >= 0.3 is 0 Å². The van der Waals surface area contributed by atoms with Crippen LogP contribution in [-0.4, -0.2) is 94.9 Å². The van der Waals surface area contributed by atoms with Crippen molar-refractivity contribution in [1.82, 2.24) is 10.6 Å². The van der Waals surface area contributed by atoms with Crippen LogP contribution in [0.25, 0.3) is 0 Å². The summed E-state index contributed by atoms with van der Waals surface area (Å²) in [7, 11) is 1.64. The van der Waals surface area contributed by atoms with Crippen LogP contribution < -0.4 is 16.4 Å². The molecule has 19 atom stereocenters. The zero-order valence-electron chi connectivity index (χ0n) is 36.9. The summed E-state index contributed by atoms with van der Waals surface area (Å²) in [5, 5.41) is 54.4. The van der Waals surface area contributed by atoms with E-state index in [1.165, 1.54) is 51.4 Å². The average molecular weight is 836 g/mol. The van der Waals surface area contributed by atoms with Gasteiger partial charge in [0.1, 0.15) is 11.2 Å². The smallest absolute Gasteiger partial charge is 0.153 e. The van der Waals surface area contributed by atoms with Gasteiger partial charge in [-0.3, -0.25) is 9.59 Å². The molecule has 0 aromatic heterocycles. The fourth-order valence-electron chi connectivity index (χ4n) is 14.9. The van der Waals surface area contributed by atoms with E-state index in [2.05, 4.69) is 22.5 Å². The summed E-state index contributed by atoms with van der Waals surface area (Å²) in [5.74, 6) is 11.5. The fourth-order valence-corrected chi connectivity index (χ4v) is 14.9. The number of piperidine rings is 2. The van der Waals surface area contributed by atoms with E-state index in [1.54, 1.807) is 7.11 Å². The molecular formula is C50H81N3O7. The second kappa shape index (κ2) is 20.2. The van der Waals surface area contributed by atoms with Crippen molar-refractivity contribution in [2.24, 2.45) is 76.2 Å². The zero-order valence-corrected chi connectivity index (χ0v) is 36.9. The molecule has 19 unspecified atom stereocenters. The van der Waals surface area contributed by atoms with E-state index < -0.39 is 29.8 Å². The number of fused-ring (bicyclic) bond motifs is 3. The van der Waals surface area contributed by atoms with Crippen LogP contribution in [0, 0.1) is 82.4 Å². The molecule has 1 spiro atoms. The largest absolute Gasteiger partial charge is 0.391 e. The van der Waals surface area contributed by atoms with Gasteiger partial charge in [-0.1, -0.05) is 43.9 Å². The van der Waals surface area contributed by atoms with Gasteiger partial charge in [-0.2, -0.15) is 0 Å². The van der Waals surface area contributed by atoms with Gasteiger partial charge in [0.15, 0.2) is 5.78 Å². The van der Waals surface area contributed by atoms with Crippen LogP contribution >= 0.6 is 0 Å². The topological polar surface area (TPSA) is 174 Å². The summed E-state index contributed by atoms with van der Waals surface area (Å²) in [6, 6.07) is 0.342. The van der Waals surface area contributed by atoms with Crippen LogP contribution in [0.1, 0.15) is 154 Å². The summed E-state index contributed by atoms with van der Waals surface area (Å²) in [5.41, 5.74) is 5.35. The van der Waals surface area contributed by atoms with Gasteiger partial charge in [0.05, 0.1) is 36.7 Å². The van der Waals surface area contributed by atoms with Crippen LogP contribution in [0.3, 0.4) is 0 Å². The molecule has 7 fully saturated rings. The molecule has 2 saturated heterocycles. The first-order valence-corrected chi connectivity index (χ1v) is 25.0. The number of hydrogen-bond acceptors (Lipinski definition) is 10. The molecule has 0 radical (unpaired) electrons. The third-order valence-electron chi connectivity index (χ3n) is 18.5. The maximum Gasteiger partial charge on any atom is 0.153 e. The average Bonchev–Trinajstić information content (AvgIpc) is 3.30. The lowest BCUT2D eigenvalue weighted by Gasteiger charge is -2.46. The molecule has 0 aromatic rings. The SMILES string of the molecule is COC1CC2CCC(=O)C3(C#CC(CC(O)C(O)CC(C4CCNC(N)C4)C4CCC5CCCCC5C4)C2CC1O)CCC(CCC1CNC2CC(=O)CCC2C1)CC3O. The molecule has 8 aliphatic rings. The van der Waals surface area contributed by atoms with Crippen molar-refractivity contribution >= 4 is 11.6 Å². The lowest BCUT2D eigenvalue weighted by Crippen LogP contribution is -2.49. The number of Topliss-reactive ketones (excluding diaryl/α,β-unsaturated/α-hetero) is 2. The first-order valence-electron chi connectivity index (χ1n) is 25.0. The third kappa shape index (κ3) is 10.3. The molecule has 2 heterocycles. The Morgan fingerprint density at radius 3 is 2.38 bits per heavy atom. The van der Waals surface area contributed by atoms with E-state index in [1.807, 2.05) is 0 Å². The summed E-state index contributed by atoms with van der Waals surface area (Å²) >= 11 is 0. The Labute approximate surface area is 361 Å². The molecule has 0 amide bonds. The number of nitrogens with two attached hydrogens (primary N) is 1. The number of ketones is 2. The Hall–Kier alpha value is -1.42. The van der Waals surface area contributed by atoms with Crippen molar-refractivity contribution < 1.29 is 34.8 Å². The minimum atomic E-state index is -1.13. The summed E-state index contributed by atoms with van der Waals surface area (Å²) in [6.45, 7) is 1.84. The molecular weight excluding hydrogens is 755 g/mol. The fraction of sp³-hybridized carbons (Fsp3) is 0.920. The minimum absolute atomic E-state index is 0.0334. The Balaban J connectivity index is 0.962. The summed E-state index contributed by atoms with van der Waals surface area (Å²) in [6.07, 6.45) is 17.8. The molecule has 338 valence electrons. The van der Waals surface area contributed by atoms with E-state index in [9.17, 15) is 30.0 Å². The predicted molar refractivity (Wildman–Crippen MR) is 232 cm³/mol. The highest BCUT2D eigenvalue weighted by Crippen LogP contribution is 2.50. The first-order chi connectivity index (χ1) is 29.0. The highest BCUT2D eigenvalue weighted by atomic mass is 16.5. The van der Waals surface area contributed by atoms with Gasteiger partial charge in [0.2, 0.25) is 0 Å². The number of hydrogen-bond donors (Lipinski definition) is 7. The minimum Gasteiger partial charge on any atom is -0.391 e. The summed E-state index contributed by atoms with van der Waals surface area (Å²) in [4.78, 5) is 26.4. The molecule has 10 heteroatoms. The van der Waals surface area contributed by atoms with E-state index >= 15 is 0 Å². The maximum absolute atomic E-state index is 14.4. The van der Waals surface area contributed by atoms with Gasteiger partial charge in [-0.15, -0.1) is 0 Å². The molecule has 6 aliphatic carbocycles. The van der Waals surface area contributed by atoms with Crippen molar-refractivity contribution in [3.8, 4) is 11.8 Å². The maximum atomic E-state index is 14.4. The number of nitrogens with one attached hydrogen (secondary N) is 2. The molecule has 0 aromatic carbocycles. The summed E-state index contributed by atoms with van der Waals surface area (Å²) < 4.78 is 5.74. The second-order valence-corrected chi connectivity index (χ2v) is 21.9. The Morgan fingerprint density at radius 1 is 0.800 bits per heavy atom. The van der Waals surface area contributed by atoms with Gasteiger partial charge in [0.25, 0.3) is 0 Å². The van der Waals surface area contributed by atoms with E-state index in [0.717, 1.165) is 63.5 Å². The monoisotopic (exact) mass is 836 g/mol. The molecule has 2 aliphatic heterocycles. The Morgan fingerprint density at radius 2 is 1.58 bits per heavy atom. The van der Waals surface area contributed by atoms with Gasteiger partial charge < -0.3 is 41.5 Å². The van der Waals surface area contributed by atoms with Gasteiger partial charge in [-0.05, 0) is 175 Å². The van der Waals surface area contributed by atoms with Crippen LogP contribution in [0.15, 0.2) is 0 Å². The van der Waals surface area contributed by atoms with E-state index in [-0.39, 0.29) is 42.2 Å². The van der Waals surface area contributed by atoms with Crippen molar-refractivity contribution in [3.63, 3.8) is 0 Å². The normalized spacial score (nSPS) is 45.3. The second-order valence-electron chi connectivity index (χ2n) is 21.9. The first kappa shape index (κ1) is 45.2. The lowest BCUT2D eigenvalue weighted by molar-refractivity contribution is -0.135. The lowest BCUT2D eigenvalue weighted by atomic mass is 9.61.